The molecule has 4 heteroatoms. The molecule has 1 aromatic carbocycles. The predicted octanol–water partition coefficient (Wildman–Crippen LogP) is 2.05. The molecule has 1 aromatic rings. The van der Waals surface area contributed by atoms with Crippen LogP contribution in [0.1, 0.15) is 18.0 Å². The van der Waals surface area contributed by atoms with E-state index in [2.05, 4.69) is 10.2 Å². The zero-order valence-electron chi connectivity index (χ0n) is 11.0. The van der Waals surface area contributed by atoms with Crippen molar-refractivity contribution in [2.75, 3.05) is 34.8 Å². The van der Waals surface area contributed by atoms with Crippen molar-refractivity contribution in [3.05, 3.63) is 29.6 Å². The third kappa shape index (κ3) is 3.98. The summed E-state index contributed by atoms with van der Waals surface area (Å²) in [4.78, 5) is 2.11. The van der Waals surface area contributed by atoms with Gasteiger partial charge < -0.3 is 15.0 Å². The summed E-state index contributed by atoms with van der Waals surface area (Å²) in [5.41, 5.74) is 0.872. The molecule has 0 saturated heterocycles. The summed E-state index contributed by atoms with van der Waals surface area (Å²) in [6, 6.07) is 4.73. The fraction of sp³-hybridized carbons (Fsp3) is 0.538. The van der Waals surface area contributed by atoms with Crippen LogP contribution in [0.15, 0.2) is 18.2 Å². The molecule has 0 aliphatic carbocycles. The van der Waals surface area contributed by atoms with Crippen molar-refractivity contribution < 1.29 is 9.13 Å². The molecule has 0 bridgehead atoms. The first-order valence-corrected chi connectivity index (χ1v) is 5.74. The molecule has 1 unspecified atom stereocenters. The molecular weight excluding hydrogens is 219 g/mol. The summed E-state index contributed by atoms with van der Waals surface area (Å²) < 4.78 is 18.6. The molecule has 17 heavy (non-hydrogen) atoms. The molecule has 3 nitrogen and oxygen atoms in total. The van der Waals surface area contributed by atoms with Gasteiger partial charge in [-0.25, -0.2) is 4.39 Å². The Hall–Kier alpha value is -1.13. The summed E-state index contributed by atoms with van der Waals surface area (Å²) in [6.07, 6.45) is 0.906. The van der Waals surface area contributed by atoms with Gasteiger partial charge in [0, 0.05) is 11.6 Å². The second kappa shape index (κ2) is 6.57. The monoisotopic (exact) mass is 240 g/mol. The van der Waals surface area contributed by atoms with Crippen LogP contribution in [0.5, 0.6) is 5.75 Å². The molecule has 1 N–H and O–H groups in total. The van der Waals surface area contributed by atoms with E-state index in [1.165, 1.54) is 12.1 Å². The molecule has 0 saturated carbocycles. The minimum atomic E-state index is -0.231. The summed E-state index contributed by atoms with van der Waals surface area (Å²) in [5, 5.41) is 3.20. The van der Waals surface area contributed by atoms with Crippen LogP contribution in [0.25, 0.3) is 0 Å². The first kappa shape index (κ1) is 13.9. The molecule has 0 fully saturated rings. The molecule has 96 valence electrons. The highest BCUT2D eigenvalue weighted by atomic mass is 19.1. The molecule has 1 atom stereocenters. The van der Waals surface area contributed by atoms with Gasteiger partial charge in [0.1, 0.15) is 11.6 Å². The Morgan fingerprint density at radius 3 is 2.65 bits per heavy atom. The molecular formula is C13H21FN2O. The fourth-order valence-corrected chi connectivity index (χ4v) is 1.82. The number of methoxy groups -OCH3 is 1. The average molecular weight is 240 g/mol. The van der Waals surface area contributed by atoms with Gasteiger partial charge in [0.05, 0.1) is 7.11 Å². The first-order valence-electron chi connectivity index (χ1n) is 5.74. The van der Waals surface area contributed by atoms with Gasteiger partial charge in [-0.1, -0.05) is 0 Å². The summed E-state index contributed by atoms with van der Waals surface area (Å²) >= 11 is 0. The number of nitrogens with one attached hydrogen (secondary N) is 1. The van der Waals surface area contributed by atoms with E-state index in [9.17, 15) is 4.39 Å². The Bertz CT molecular complexity index is 355. The number of ether oxygens (including phenoxy) is 1. The number of halogens is 1. The van der Waals surface area contributed by atoms with Gasteiger partial charge in [-0.3, -0.25) is 0 Å². The van der Waals surface area contributed by atoms with Crippen LogP contribution in [0.4, 0.5) is 4.39 Å². The summed E-state index contributed by atoms with van der Waals surface area (Å²) in [5.74, 6) is 0.496. The van der Waals surface area contributed by atoms with E-state index < -0.39 is 0 Å². The van der Waals surface area contributed by atoms with E-state index in [-0.39, 0.29) is 11.9 Å². The van der Waals surface area contributed by atoms with Crippen LogP contribution in [0.3, 0.4) is 0 Å². The predicted molar refractivity (Wildman–Crippen MR) is 67.9 cm³/mol. The Kier molecular flexibility index (Phi) is 5.38. The van der Waals surface area contributed by atoms with Crippen LogP contribution in [0.2, 0.25) is 0 Å². The van der Waals surface area contributed by atoms with Crippen LogP contribution < -0.4 is 10.1 Å². The Labute approximate surface area is 103 Å². The van der Waals surface area contributed by atoms with Gasteiger partial charge >= 0.3 is 0 Å². The lowest BCUT2D eigenvalue weighted by atomic mass is 10.0. The summed E-state index contributed by atoms with van der Waals surface area (Å²) in [7, 11) is 7.53. The van der Waals surface area contributed by atoms with Crippen molar-refractivity contribution in [3.63, 3.8) is 0 Å². The maximum atomic E-state index is 13.3. The SMILES string of the molecule is CNC(CCN(C)C)c1cc(F)ccc1OC. The van der Waals surface area contributed by atoms with E-state index >= 15 is 0 Å². The molecule has 1 rings (SSSR count). The van der Waals surface area contributed by atoms with Crippen LogP contribution >= 0.6 is 0 Å². The normalized spacial score (nSPS) is 12.8. The lowest BCUT2D eigenvalue weighted by molar-refractivity contribution is 0.357. The van der Waals surface area contributed by atoms with Crippen molar-refractivity contribution in [3.8, 4) is 5.75 Å². The van der Waals surface area contributed by atoms with E-state index in [1.54, 1.807) is 13.2 Å². The van der Waals surface area contributed by atoms with Gasteiger partial charge in [-0.05, 0) is 52.3 Å². The molecule has 0 heterocycles. The minimum Gasteiger partial charge on any atom is -0.496 e. The van der Waals surface area contributed by atoms with Crippen LogP contribution in [-0.4, -0.2) is 39.7 Å². The van der Waals surface area contributed by atoms with Crippen molar-refractivity contribution >= 4 is 0 Å². The Balaban J connectivity index is 2.89. The Morgan fingerprint density at radius 2 is 2.12 bits per heavy atom. The van der Waals surface area contributed by atoms with Crippen molar-refractivity contribution in [2.45, 2.75) is 12.5 Å². The highest BCUT2D eigenvalue weighted by Crippen LogP contribution is 2.27. The zero-order valence-corrected chi connectivity index (χ0v) is 11.0. The molecule has 0 aromatic heterocycles. The van der Waals surface area contributed by atoms with Crippen LogP contribution in [-0.2, 0) is 0 Å². The quantitative estimate of drug-likeness (QED) is 0.823. The van der Waals surface area contributed by atoms with E-state index in [4.69, 9.17) is 4.74 Å². The van der Waals surface area contributed by atoms with Crippen LogP contribution in [0, 0.1) is 5.82 Å². The first-order chi connectivity index (χ1) is 8.08. The standard InChI is InChI=1S/C13H21FN2O/c1-15-12(7-8-16(2)3)11-9-10(14)5-6-13(11)17-4/h5-6,9,12,15H,7-8H2,1-4H3. The maximum absolute atomic E-state index is 13.3. The summed E-state index contributed by atoms with van der Waals surface area (Å²) in [6.45, 7) is 0.936. The number of rotatable bonds is 6. The third-order valence-corrected chi connectivity index (χ3v) is 2.78. The van der Waals surface area contributed by atoms with Gasteiger partial charge in [-0.2, -0.15) is 0 Å². The number of nitrogens with zero attached hydrogens (tertiary/aromatic N) is 1. The zero-order chi connectivity index (χ0) is 12.8. The molecule has 0 aliphatic heterocycles. The van der Waals surface area contributed by atoms with E-state index in [0.29, 0.717) is 0 Å². The second-order valence-corrected chi connectivity index (χ2v) is 4.32. The molecule has 0 amide bonds. The van der Waals surface area contributed by atoms with Gasteiger partial charge in [-0.15, -0.1) is 0 Å². The Morgan fingerprint density at radius 1 is 1.41 bits per heavy atom. The number of hydrogen-bond acceptors (Lipinski definition) is 3. The average Bonchev–Trinajstić information content (AvgIpc) is 2.30. The van der Waals surface area contributed by atoms with Crippen molar-refractivity contribution in [1.82, 2.24) is 10.2 Å². The molecule has 0 aliphatic rings. The molecule has 0 radical (unpaired) electrons. The van der Waals surface area contributed by atoms with Crippen molar-refractivity contribution in [1.29, 1.82) is 0 Å². The van der Waals surface area contributed by atoms with E-state index in [0.717, 1.165) is 24.3 Å². The minimum absolute atomic E-state index is 0.100. The smallest absolute Gasteiger partial charge is 0.123 e. The number of benzene rings is 1. The largest absolute Gasteiger partial charge is 0.496 e. The second-order valence-electron chi connectivity index (χ2n) is 4.32. The maximum Gasteiger partial charge on any atom is 0.123 e. The van der Waals surface area contributed by atoms with Crippen molar-refractivity contribution in [2.24, 2.45) is 0 Å². The van der Waals surface area contributed by atoms with Gasteiger partial charge in [0.15, 0.2) is 0 Å². The molecule has 0 spiro atoms. The lowest BCUT2D eigenvalue weighted by Crippen LogP contribution is -2.23. The topological polar surface area (TPSA) is 24.5 Å². The fourth-order valence-electron chi connectivity index (χ4n) is 1.82. The van der Waals surface area contributed by atoms with Gasteiger partial charge in [0.25, 0.3) is 0 Å². The third-order valence-electron chi connectivity index (χ3n) is 2.78. The van der Waals surface area contributed by atoms with E-state index in [1.807, 2.05) is 21.1 Å². The lowest BCUT2D eigenvalue weighted by Gasteiger charge is -2.21. The number of hydrogen-bond donors (Lipinski definition) is 1. The van der Waals surface area contributed by atoms with Gasteiger partial charge in [0.2, 0.25) is 0 Å². The highest BCUT2D eigenvalue weighted by molar-refractivity contribution is 5.36. The highest BCUT2D eigenvalue weighted by Gasteiger charge is 2.15.